The van der Waals surface area contributed by atoms with Crippen LogP contribution in [0.25, 0.3) is 0 Å². The maximum absolute atomic E-state index is 13.0. The Labute approximate surface area is 155 Å². The van der Waals surface area contributed by atoms with Gasteiger partial charge in [0.1, 0.15) is 11.1 Å². The first-order valence-corrected chi connectivity index (χ1v) is 9.53. The molecule has 6 heteroatoms. The third-order valence-corrected chi connectivity index (χ3v) is 4.49. The Hall–Kier alpha value is -2.11. The molecule has 1 fully saturated rings. The van der Waals surface area contributed by atoms with Gasteiger partial charge in [-0.1, -0.05) is 20.8 Å². The van der Waals surface area contributed by atoms with Gasteiger partial charge in [0, 0.05) is 38.1 Å². The number of likely N-dealkylation sites (tertiary alicyclic amines) is 1. The normalized spacial score (nSPS) is 17.7. The summed E-state index contributed by atoms with van der Waals surface area (Å²) in [5.41, 5.74) is -0.349. The molecular weight excluding hydrogens is 330 g/mol. The van der Waals surface area contributed by atoms with Crippen LogP contribution in [0.2, 0.25) is 0 Å². The van der Waals surface area contributed by atoms with E-state index in [4.69, 9.17) is 0 Å². The van der Waals surface area contributed by atoms with Gasteiger partial charge in [-0.3, -0.25) is 14.4 Å². The van der Waals surface area contributed by atoms with E-state index >= 15 is 0 Å². The Kier molecular flexibility index (Phi) is 6.62. The third-order valence-electron chi connectivity index (χ3n) is 4.49. The third kappa shape index (κ3) is 4.96. The van der Waals surface area contributed by atoms with Crippen LogP contribution in [0.15, 0.2) is 17.2 Å². The van der Waals surface area contributed by atoms with Gasteiger partial charge in [0.25, 0.3) is 11.8 Å². The maximum Gasteiger partial charge on any atom is 0.259 e. The first-order valence-electron chi connectivity index (χ1n) is 9.53. The zero-order chi connectivity index (χ0) is 19.4. The summed E-state index contributed by atoms with van der Waals surface area (Å²) >= 11 is 0. The van der Waals surface area contributed by atoms with E-state index < -0.39 is 11.3 Å². The van der Waals surface area contributed by atoms with Gasteiger partial charge in [-0.2, -0.15) is 0 Å². The van der Waals surface area contributed by atoms with Gasteiger partial charge in [-0.15, -0.1) is 0 Å². The van der Waals surface area contributed by atoms with Crippen LogP contribution in [0.4, 0.5) is 0 Å². The van der Waals surface area contributed by atoms with E-state index in [1.807, 2.05) is 13.8 Å². The van der Waals surface area contributed by atoms with Gasteiger partial charge < -0.3 is 14.8 Å². The quantitative estimate of drug-likeness (QED) is 0.876. The van der Waals surface area contributed by atoms with Crippen LogP contribution in [0.5, 0.6) is 0 Å². The highest BCUT2D eigenvalue weighted by atomic mass is 16.2. The maximum atomic E-state index is 13.0. The lowest BCUT2D eigenvalue weighted by atomic mass is 9.99. The molecular formula is C20H31N3O3. The van der Waals surface area contributed by atoms with E-state index in [0.717, 1.165) is 12.8 Å². The minimum absolute atomic E-state index is 0.0373. The number of nitrogens with one attached hydrogen (secondary N) is 1. The molecule has 2 amide bonds. The van der Waals surface area contributed by atoms with Gasteiger partial charge in [0.15, 0.2) is 0 Å². The molecule has 0 radical (unpaired) electrons. The fraction of sp³-hybridized carbons (Fsp3) is 0.650. The first kappa shape index (κ1) is 20.2. The smallest absolute Gasteiger partial charge is 0.259 e. The van der Waals surface area contributed by atoms with E-state index in [2.05, 4.69) is 26.1 Å². The lowest BCUT2D eigenvalue weighted by Crippen LogP contribution is -2.42. The highest BCUT2D eigenvalue weighted by molar-refractivity contribution is 5.99. The number of amides is 2. The van der Waals surface area contributed by atoms with Crippen LogP contribution < -0.4 is 10.7 Å². The van der Waals surface area contributed by atoms with Crippen LogP contribution >= 0.6 is 0 Å². The molecule has 1 N–H and O–H groups in total. The lowest BCUT2D eigenvalue weighted by molar-refractivity contribution is 0.0680. The lowest BCUT2D eigenvalue weighted by Gasteiger charge is -2.31. The standard InChI is InChI=1S/C20H31N3O3/c1-13(2)9-22-11-16(19(25)21-14(3)4)18(24)17(12-22)20(26)23-8-6-7-15(5)10-23/h11-15H,6-10H2,1-5H3,(H,21,25)/t15-/m1/s1. The Bertz CT molecular complexity index is 722. The molecule has 26 heavy (non-hydrogen) atoms. The van der Waals surface area contributed by atoms with Gasteiger partial charge in [0.2, 0.25) is 5.43 Å². The molecule has 0 bridgehead atoms. The summed E-state index contributed by atoms with van der Waals surface area (Å²) in [6, 6.07) is -0.0808. The number of hydrogen-bond donors (Lipinski definition) is 1. The predicted molar refractivity (Wildman–Crippen MR) is 102 cm³/mol. The predicted octanol–water partition coefficient (Wildman–Crippen LogP) is 2.51. The van der Waals surface area contributed by atoms with Crippen molar-refractivity contribution in [1.82, 2.24) is 14.8 Å². The van der Waals surface area contributed by atoms with Gasteiger partial charge >= 0.3 is 0 Å². The second-order valence-electron chi connectivity index (χ2n) is 8.13. The highest BCUT2D eigenvalue weighted by Gasteiger charge is 2.26. The van der Waals surface area contributed by atoms with Crippen LogP contribution in [0, 0.1) is 11.8 Å². The molecule has 0 aliphatic carbocycles. The van der Waals surface area contributed by atoms with Crippen molar-refractivity contribution in [3.8, 4) is 0 Å². The molecule has 144 valence electrons. The van der Waals surface area contributed by atoms with E-state index in [0.29, 0.717) is 31.5 Å². The summed E-state index contributed by atoms with van der Waals surface area (Å²) < 4.78 is 1.79. The highest BCUT2D eigenvalue weighted by Crippen LogP contribution is 2.17. The molecule has 1 aliphatic heterocycles. The summed E-state index contributed by atoms with van der Waals surface area (Å²) in [5, 5.41) is 2.76. The summed E-state index contributed by atoms with van der Waals surface area (Å²) in [5.74, 6) is 0.0666. The van der Waals surface area contributed by atoms with Crippen LogP contribution in [-0.2, 0) is 6.54 Å². The fourth-order valence-corrected chi connectivity index (χ4v) is 3.36. The summed E-state index contributed by atoms with van der Waals surface area (Å²) in [6.45, 7) is 11.9. The molecule has 0 spiro atoms. The van der Waals surface area contributed by atoms with Crippen LogP contribution in [-0.4, -0.2) is 40.4 Å². The number of aromatic nitrogens is 1. The molecule has 0 unspecified atom stereocenters. The number of piperidine rings is 1. The summed E-state index contributed by atoms with van der Waals surface area (Å²) in [6.07, 6.45) is 5.21. The number of pyridine rings is 1. The topological polar surface area (TPSA) is 71.4 Å². The molecule has 1 aliphatic rings. The van der Waals surface area contributed by atoms with Gasteiger partial charge in [-0.25, -0.2) is 0 Å². The van der Waals surface area contributed by atoms with Crippen molar-refractivity contribution in [3.05, 3.63) is 33.7 Å². The van der Waals surface area contributed by atoms with E-state index in [-0.39, 0.29) is 23.1 Å². The van der Waals surface area contributed by atoms with Crippen molar-refractivity contribution in [1.29, 1.82) is 0 Å². The average Bonchev–Trinajstić information content (AvgIpc) is 2.54. The van der Waals surface area contributed by atoms with Crippen molar-refractivity contribution < 1.29 is 9.59 Å². The van der Waals surface area contributed by atoms with E-state index in [1.165, 1.54) is 0 Å². The number of carbonyl (C=O) groups excluding carboxylic acids is 2. The van der Waals surface area contributed by atoms with Crippen molar-refractivity contribution >= 4 is 11.8 Å². The van der Waals surface area contributed by atoms with Crippen molar-refractivity contribution in [2.24, 2.45) is 11.8 Å². The number of carbonyl (C=O) groups is 2. The van der Waals surface area contributed by atoms with Crippen LogP contribution in [0.1, 0.15) is 68.2 Å². The molecule has 1 aromatic heterocycles. The Morgan fingerprint density at radius 3 is 2.42 bits per heavy atom. The molecule has 6 nitrogen and oxygen atoms in total. The summed E-state index contributed by atoms with van der Waals surface area (Å²) in [7, 11) is 0. The van der Waals surface area contributed by atoms with Crippen molar-refractivity contribution in [2.45, 2.75) is 60.0 Å². The van der Waals surface area contributed by atoms with Crippen molar-refractivity contribution in [3.63, 3.8) is 0 Å². The number of rotatable bonds is 5. The summed E-state index contributed by atoms with van der Waals surface area (Å²) in [4.78, 5) is 40.1. The molecule has 1 atom stereocenters. The Morgan fingerprint density at radius 1 is 1.19 bits per heavy atom. The fourth-order valence-electron chi connectivity index (χ4n) is 3.36. The first-order chi connectivity index (χ1) is 12.2. The van der Waals surface area contributed by atoms with Crippen molar-refractivity contribution in [2.75, 3.05) is 13.1 Å². The Balaban J connectivity index is 2.44. The Morgan fingerprint density at radius 2 is 1.85 bits per heavy atom. The molecule has 2 heterocycles. The zero-order valence-corrected chi connectivity index (χ0v) is 16.5. The molecule has 0 saturated carbocycles. The monoisotopic (exact) mass is 361 g/mol. The second-order valence-corrected chi connectivity index (χ2v) is 8.13. The number of nitrogens with zero attached hydrogens (tertiary/aromatic N) is 2. The average molecular weight is 361 g/mol. The molecule has 1 saturated heterocycles. The minimum Gasteiger partial charge on any atom is -0.352 e. The van der Waals surface area contributed by atoms with Gasteiger partial charge in [-0.05, 0) is 38.5 Å². The number of hydrogen-bond acceptors (Lipinski definition) is 3. The largest absolute Gasteiger partial charge is 0.352 e. The molecule has 0 aromatic carbocycles. The molecule has 2 rings (SSSR count). The second kappa shape index (κ2) is 8.52. The van der Waals surface area contributed by atoms with Gasteiger partial charge in [0.05, 0.1) is 0 Å². The van der Waals surface area contributed by atoms with E-state index in [9.17, 15) is 14.4 Å². The van der Waals surface area contributed by atoms with Crippen LogP contribution in [0.3, 0.4) is 0 Å². The van der Waals surface area contributed by atoms with E-state index in [1.54, 1.807) is 21.9 Å². The molecule has 1 aromatic rings. The minimum atomic E-state index is -0.480. The zero-order valence-electron chi connectivity index (χ0n) is 16.5. The SMILES string of the molecule is CC(C)Cn1cc(C(=O)NC(C)C)c(=O)c(C(=O)N2CCC[C@@H](C)C2)c1.